The Kier molecular flexibility index (Phi) is 6.45. The first kappa shape index (κ1) is 23.5. The van der Waals surface area contributed by atoms with Crippen LogP contribution in [0.15, 0.2) is 12.1 Å². The van der Waals surface area contributed by atoms with Crippen molar-refractivity contribution >= 4 is 23.5 Å². The number of nitrogens with one attached hydrogen (secondary N) is 2. The summed E-state index contributed by atoms with van der Waals surface area (Å²) in [5.74, 6) is 3.51. The van der Waals surface area contributed by atoms with Crippen LogP contribution in [0.3, 0.4) is 0 Å². The smallest absolute Gasteiger partial charge is 0.230 e. The van der Waals surface area contributed by atoms with Crippen LogP contribution in [-0.4, -0.2) is 75.5 Å². The lowest BCUT2D eigenvalue weighted by Gasteiger charge is -2.50. The molecule has 0 radical (unpaired) electrons. The maximum atomic E-state index is 13.1. The van der Waals surface area contributed by atoms with E-state index in [9.17, 15) is 4.79 Å². The van der Waals surface area contributed by atoms with Crippen molar-refractivity contribution in [3.8, 4) is 5.88 Å². The van der Waals surface area contributed by atoms with E-state index in [1.165, 1.54) is 19.3 Å². The highest BCUT2D eigenvalue weighted by Gasteiger charge is 2.43. The normalized spacial score (nSPS) is 27.7. The summed E-state index contributed by atoms with van der Waals surface area (Å²) < 4.78 is 11.7. The predicted octanol–water partition coefficient (Wildman–Crippen LogP) is 3.57. The van der Waals surface area contributed by atoms with Gasteiger partial charge in [0.1, 0.15) is 11.9 Å². The molecule has 4 fully saturated rings. The molecular weight excluding hydrogens is 458 g/mol. The van der Waals surface area contributed by atoms with Crippen molar-refractivity contribution < 1.29 is 14.3 Å². The maximum Gasteiger partial charge on any atom is 0.230 e. The Labute approximate surface area is 212 Å². The summed E-state index contributed by atoms with van der Waals surface area (Å²) in [6, 6.07) is 4.67. The lowest BCUT2D eigenvalue weighted by molar-refractivity contribution is -0.141. The average molecular weight is 496 g/mol. The molecule has 36 heavy (non-hydrogen) atoms. The van der Waals surface area contributed by atoms with Crippen molar-refractivity contribution in [3.63, 3.8) is 0 Å². The van der Waals surface area contributed by atoms with E-state index >= 15 is 0 Å². The predicted molar refractivity (Wildman–Crippen MR) is 136 cm³/mol. The van der Waals surface area contributed by atoms with E-state index in [4.69, 9.17) is 19.4 Å². The number of piperidine rings is 2. The zero-order chi connectivity index (χ0) is 24.6. The molecule has 10 heteroatoms. The largest absolute Gasteiger partial charge is 0.472 e. The fourth-order valence-corrected chi connectivity index (χ4v) is 6.00. The monoisotopic (exact) mass is 495 g/mol. The molecule has 4 aliphatic rings. The summed E-state index contributed by atoms with van der Waals surface area (Å²) in [6.07, 6.45) is 9.33. The fraction of sp³-hybridized carbons (Fsp3) is 0.692. The molecule has 194 valence electrons. The molecule has 3 aliphatic heterocycles. The summed E-state index contributed by atoms with van der Waals surface area (Å²) >= 11 is 0. The minimum Gasteiger partial charge on any atom is -0.472 e. The van der Waals surface area contributed by atoms with Crippen molar-refractivity contribution in [2.24, 2.45) is 5.92 Å². The number of rotatable bonds is 8. The Bertz CT molecular complexity index is 1070. The van der Waals surface area contributed by atoms with Gasteiger partial charge in [-0.3, -0.25) is 9.89 Å². The molecule has 2 N–H and O–H groups in total. The van der Waals surface area contributed by atoms with E-state index in [2.05, 4.69) is 32.4 Å². The van der Waals surface area contributed by atoms with E-state index < -0.39 is 0 Å². The molecule has 10 nitrogen and oxygen atoms in total. The number of ether oxygens (including phenoxy) is 2. The van der Waals surface area contributed by atoms with Gasteiger partial charge in [-0.1, -0.05) is 0 Å². The first-order chi connectivity index (χ1) is 17.5. The van der Waals surface area contributed by atoms with E-state index in [0.29, 0.717) is 60.6 Å². The van der Waals surface area contributed by atoms with Crippen LogP contribution in [0.4, 0.5) is 17.6 Å². The lowest BCUT2D eigenvalue weighted by Crippen LogP contribution is -2.58. The summed E-state index contributed by atoms with van der Waals surface area (Å²) in [6.45, 7) is 3.25. The van der Waals surface area contributed by atoms with Gasteiger partial charge < -0.3 is 24.6 Å². The number of aromatic nitrogens is 4. The van der Waals surface area contributed by atoms with Gasteiger partial charge in [-0.25, -0.2) is 0 Å². The third-order valence-corrected chi connectivity index (χ3v) is 8.09. The lowest BCUT2D eigenvalue weighted by atomic mass is 9.81. The molecule has 1 saturated carbocycles. The maximum absolute atomic E-state index is 13.1. The number of nitrogens with zero attached hydrogens (tertiary/aromatic N) is 5. The van der Waals surface area contributed by atoms with Crippen molar-refractivity contribution in [3.05, 3.63) is 17.8 Å². The van der Waals surface area contributed by atoms with Crippen molar-refractivity contribution in [1.82, 2.24) is 25.1 Å². The van der Waals surface area contributed by atoms with Crippen molar-refractivity contribution in [1.29, 1.82) is 0 Å². The molecule has 5 heterocycles. The number of amides is 1. The van der Waals surface area contributed by atoms with Gasteiger partial charge in [-0.05, 0) is 57.8 Å². The topological polar surface area (TPSA) is 108 Å². The molecule has 1 aliphatic carbocycles. The van der Waals surface area contributed by atoms with Gasteiger partial charge in [0.25, 0.3) is 0 Å². The minimum absolute atomic E-state index is 0.00129. The zero-order valence-corrected chi connectivity index (χ0v) is 21.3. The summed E-state index contributed by atoms with van der Waals surface area (Å²) in [5.41, 5.74) is 0.970. The highest BCUT2D eigenvalue weighted by molar-refractivity contribution is 5.77. The number of H-pyrrole nitrogens is 1. The van der Waals surface area contributed by atoms with E-state index in [-0.39, 0.29) is 12.1 Å². The van der Waals surface area contributed by atoms with Gasteiger partial charge in [0, 0.05) is 55.8 Å². The average Bonchev–Trinajstić information content (AvgIpc) is 3.33. The van der Waals surface area contributed by atoms with Gasteiger partial charge >= 0.3 is 0 Å². The molecule has 4 atom stereocenters. The third kappa shape index (κ3) is 5.14. The molecule has 2 bridgehead atoms. The first-order valence-electron chi connectivity index (χ1n) is 13.5. The van der Waals surface area contributed by atoms with Crippen LogP contribution in [0.5, 0.6) is 5.88 Å². The number of aromatic amines is 1. The second-order valence-corrected chi connectivity index (χ2v) is 11.0. The van der Waals surface area contributed by atoms with Gasteiger partial charge in [0.2, 0.25) is 17.7 Å². The Hall–Kier alpha value is -2.88. The second-order valence-electron chi connectivity index (χ2n) is 11.0. The van der Waals surface area contributed by atoms with Crippen LogP contribution < -0.4 is 15.0 Å². The summed E-state index contributed by atoms with van der Waals surface area (Å²) in [5, 5.41) is 10.5. The molecule has 2 aromatic heterocycles. The number of carbonyl (C=O) groups is 1. The van der Waals surface area contributed by atoms with Gasteiger partial charge in [-0.15, -0.1) is 0 Å². The molecule has 0 aromatic carbocycles. The minimum atomic E-state index is -0.00129. The highest BCUT2D eigenvalue weighted by Crippen LogP contribution is 2.40. The van der Waals surface area contributed by atoms with Crippen LogP contribution >= 0.6 is 0 Å². The van der Waals surface area contributed by atoms with Crippen LogP contribution in [0.25, 0.3) is 0 Å². The Morgan fingerprint density at radius 1 is 1.17 bits per heavy atom. The van der Waals surface area contributed by atoms with E-state index in [0.717, 1.165) is 44.2 Å². The molecule has 3 saturated heterocycles. The molecule has 0 spiro atoms. The summed E-state index contributed by atoms with van der Waals surface area (Å²) in [7, 11) is 2.07. The Morgan fingerprint density at radius 3 is 2.64 bits per heavy atom. The molecular formula is C26H37N7O3. The number of anilines is 3. The van der Waals surface area contributed by atoms with Gasteiger partial charge in [0.05, 0.1) is 13.2 Å². The Balaban J connectivity index is 1.22. The molecule has 1 unspecified atom stereocenters. The quantitative estimate of drug-likeness (QED) is 0.572. The first-order valence-corrected chi connectivity index (χ1v) is 13.5. The zero-order valence-electron chi connectivity index (χ0n) is 21.3. The number of hydrogen-bond donors (Lipinski definition) is 2. The van der Waals surface area contributed by atoms with Gasteiger partial charge in [0.15, 0.2) is 5.82 Å². The SMILES string of the molecule is Cc1cc(Nc2cc(O[C@H]3CCOC3)nc(N(C)C3C[C@H]4CCC[C@@H](C3)N4C(=O)CC3CC3)n2)n[nH]1. The number of aryl methyl sites for hydroxylation is 1. The van der Waals surface area contributed by atoms with E-state index in [1.807, 2.05) is 19.1 Å². The fourth-order valence-electron chi connectivity index (χ4n) is 6.00. The standard InChI is InChI=1S/C26H37N7O3/c1-16-10-23(31-30-16)27-22-14-24(36-21-8-9-35-15-21)29-26(28-22)32(2)20-12-18-4-3-5-19(13-20)33(18)25(34)11-17-6-7-17/h10,14,17-21H,3-9,11-13,15H2,1-2H3,(H2,27,28,29,30,31)/t18-,19+,20?,21-/m0/s1. The third-order valence-electron chi connectivity index (χ3n) is 8.09. The highest BCUT2D eigenvalue weighted by atomic mass is 16.5. The second kappa shape index (κ2) is 9.88. The van der Waals surface area contributed by atoms with Crippen LogP contribution in [0.1, 0.15) is 63.5 Å². The number of carbonyl (C=O) groups excluding carboxylic acids is 1. The van der Waals surface area contributed by atoms with E-state index in [1.54, 1.807) is 0 Å². The number of hydrogen-bond acceptors (Lipinski definition) is 8. The molecule has 1 amide bonds. The van der Waals surface area contributed by atoms with Crippen molar-refractivity contribution in [2.75, 3.05) is 30.5 Å². The summed E-state index contributed by atoms with van der Waals surface area (Å²) in [4.78, 5) is 27.2. The van der Waals surface area contributed by atoms with Gasteiger partial charge in [-0.2, -0.15) is 15.1 Å². The molecule has 2 aromatic rings. The van der Waals surface area contributed by atoms with Crippen molar-refractivity contribution in [2.45, 2.75) is 88.9 Å². The van der Waals surface area contributed by atoms with Crippen LogP contribution in [0, 0.1) is 12.8 Å². The Morgan fingerprint density at radius 2 is 1.97 bits per heavy atom. The molecule has 6 rings (SSSR count). The van der Waals surface area contributed by atoms with Crippen LogP contribution in [0.2, 0.25) is 0 Å². The van der Waals surface area contributed by atoms with Crippen LogP contribution in [-0.2, 0) is 9.53 Å². The number of fused-ring (bicyclic) bond motifs is 2.